The zero-order valence-electron chi connectivity index (χ0n) is 12.6. The molecule has 122 valence electrons. The van der Waals surface area contributed by atoms with Crippen molar-refractivity contribution in [1.29, 1.82) is 0 Å². The number of hydrogen-bond acceptors (Lipinski definition) is 3. The fourth-order valence-electron chi connectivity index (χ4n) is 2.71. The molecule has 0 aromatic carbocycles. The van der Waals surface area contributed by atoms with Crippen LogP contribution in [-0.4, -0.2) is 52.8 Å². The van der Waals surface area contributed by atoms with E-state index < -0.39 is 0 Å². The summed E-state index contributed by atoms with van der Waals surface area (Å²) in [7, 11) is 0. The molecule has 2 aromatic heterocycles. The first-order valence-corrected chi connectivity index (χ1v) is 8.77. The molecule has 5 nitrogen and oxygen atoms in total. The van der Waals surface area contributed by atoms with Crippen molar-refractivity contribution < 1.29 is 9.59 Å². The minimum Gasteiger partial charge on any atom is -0.357 e. The molecule has 0 aliphatic carbocycles. The van der Waals surface area contributed by atoms with Crippen LogP contribution in [0.15, 0.2) is 30.5 Å². The van der Waals surface area contributed by atoms with Gasteiger partial charge in [0.2, 0.25) is 5.91 Å². The van der Waals surface area contributed by atoms with E-state index >= 15 is 0 Å². The van der Waals surface area contributed by atoms with Crippen LogP contribution in [-0.2, 0) is 11.2 Å². The Balaban J connectivity index is 1.57. The Morgan fingerprint density at radius 3 is 2.61 bits per heavy atom. The van der Waals surface area contributed by atoms with E-state index in [1.165, 1.54) is 11.3 Å². The minimum atomic E-state index is -0.00524. The van der Waals surface area contributed by atoms with Crippen molar-refractivity contribution in [2.75, 3.05) is 26.2 Å². The Labute approximate surface area is 143 Å². The highest BCUT2D eigenvalue weighted by Crippen LogP contribution is 2.22. The summed E-state index contributed by atoms with van der Waals surface area (Å²) in [5, 5.41) is 0. The lowest BCUT2D eigenvalue weighted by Gasteiger charge is -2.21. The summed E-state index contributed by atoms with van der Waals surface area (Å²) in [5.74, 6) is 0.0898. The van der Waals surface area contributed by atoms with Gasteiger partial charge in [-0.3, -0.25) is 9.59 Å². The second kappa shape index (κ2) is 7.19. The molecule has 2 amide bonds. The van der Waals surface area contributed by atoms with Crippen molar-refractivity contribution in [2.45, 2.75) is 12.8 Å². The molecule has 0 bridgehead atoms. The summed E-state index contributed by atoms with van der Waals surface area (Å²) < 4.78 is 0.700. The van der Waals surface area contributed by atoms with Gasteiger partial charge in [0.1, 0.15) is 5.69 Å². The Morgan fingerprint density at radius 1 is 1.13 bits per heavy atom. The lowest BCUT2D eigenvalue weighted by molar-refractivity contribution is -0.130. The fraction of sp³-hybridized carbons (Fsp3) is 0.375. The third-order valence-corrected chi connectivity index (χ3v) is 5.15. The summed E-state index contributed by atoms with van der Waals surface area (Å²) in [6, 6.07) is 7.29. The monoisotopic (exact) mass is 351 g/mol. The molecule has 0 saturated carbocycles. The lowest BCUT2D eigenvalue weighted by Crippen LogP contribution is -2.38. The quantitative estimate of drug-likeness (QED) is 0.924. The zero-order valence-corrected chi connectivity index (χ0v) is 14.2. The molecule has 2 aromatic rings. The van der Waals surface area contributed by atoms with Gasteiger partial charge < -0.3 is 14.8 Å². The van der Waals surface area contributed by atoms with Gasteiger partial charge in [-0.1, -0.05) is 11.6 Å². The van der Waals surface area contributed by atoms with Crippen molar-refractivity contribution in [3.05, 3.63) is 45.4 Å². The van der Waals surface area contributed by atoms with Crippen molar-refractivity contribution in [1.82, 2.24) is 14.8 Å². The normalized spacial score (nSPS) is 15.5. The summed E-state index contributed by atoms with van der Waals surface area (Å²) in [6.45, 7) is 2.50. The molecule has 0 atom stereocenters. The first-order valence-electron chi connectivity index (χ1n) is 7.58. The number of nitrogens with zero attached hydrogens (tertiary/aromatic N) is 2. The van der Waals surface area contributed by atoms with Crippen LogP contribution in [0.2, 0.25) is 4.34 Å². The summed E-state index contributed by atoms with van der Waals surface area (Å²) >= 11 is 7.34. The number of halogens is 1. The molecular formula is C16H18ClN3O2S. The van der Waals surface area contributed by atoms with Gasteiger partial charge in [0.05, 0.1) is 10.8 Å². The highest BCUT2D eigenvalue weighted by atomic mass is 35.5. The standard InChI is InChI=1S/C16H18ClN3O2S/c17-14-5-4-12(23-14)11-15(21)19-7-2-8-20(10-9-19)16(22)13-3-1-6-18-13/h1,3-6,18H,2,7-11H2. The number of thiophene rings is 1. The maximum Gasteiger partial charge on any atom is 0.270 e. The van der Waals surface area contributed by atoms with Crippen LogP contribution in [0.25, 0.3) is 0 Å². The lowest BCUT2D eigenvalue weighted by atomic mass is 10.3. The van der Waals surface area contributed by atoms with Crippen molar-refractivity contribution in [3.63, 3.8) is 0 Å². The second-order valence-electron chi connectivity index (χ2n) is 5.49. The SMILES string of the molecule is O=C(Cc1ccc(Cl)s1)N1CCCN(C(=O)c2ccc[nH]2)CC1. The van der Waals surface area contributed by atoms with Gasteiger partial charge in [-0.25, -0.2) is 0 Å². The van der Waals surface area contributed by atoms with Crippen LogP contribution < -0.4 is 0 Å². The van der Waals surface area contributed by atoms with Gasteiger partial charge in [0.25, 0.3) is 5.91 Å². The number of aromatic nitrogens is 1. The maximum absolute atomic E-state index is 12.4. The van der Waals surface area contributed by atoms with E-state index in [1.807, 2.05) is 23.1 Å². The Kier molecular flexibility index (Phi) is 5.03. The number of rotatable bonds is 3. The van der Waals surface area contributed by atoms with Gasteiger partial charge in [-0.2, -0.15) is 0 Å². The van der Waals surface area contributed by atoms with Crippen LogP contribution in [0.4, 0.5) is 0 Å². The average molecular weight is 352 g/mol. The molecule has 0 unspecified atom stereocenters. The first-order chi connectivity index (χ1) is 11.1. The van der Waals surface area contributed by atoms with Gasteiger partial charge in [0.15, 0.2) is 0 Å². The molecule has 1 saturated heterocycles. The third-order valence-electron chi connectivity index (χ3n) is 3.92. The number of amides is 2. The number of nitrogens with one attached hydrogen (secondary N) is 1. The summed E-state index contributed by atoms with van der Waals surface area (Å²) in [6.07, 6.45) is 2.92. The Hall–Kier alpha value is -1.79. The molecular weight excluding hydrogens is 334 g/mol. The van der Waals surface area contributed by atoms with E-state index in [2.05, 4.69) is 4.98 Å². The van der Waals surface area contributed by atoms with Crippen molar-refractivity contribution in [3.8, 4) is 0 Å². The van der Waals surface area contributed by atoms with Crippen LogP contribution in [0.1, 0.15) is 21.8 Å². The molecule has 3 rings (SSSR count). The van der Waals surface area contributed by atoms with Crippen molar-refractivity contribution >= 4 is 34.8 Å². The van der Waals surface area contributed by atoms with Crippen LogP contribution >= 0.6 is 22.9 Å². The van der Waals surface area contributed by atoms with Gasteiger partial charge in [-0.15, -0.1) is 11.3 Å². The molecule has 0 radical (unpaired) electrons. The van der Waals surface area contributed by atoms with E-state index in [4.69, 9.17) is 11.6 Å². The van der Waals surface area contributed by atoms with Gasteiger partial charge >= 0.3 is 0 Å². The van der Waals surface area contributed by atoms with Gasteiger partial charge in [-0.05, 0) is 30.7 Å². The molecule has 3 heterocycles. The summed E-state index contributed by atoms with van der Waals surface area (Å²) in [5.41, 5.74) is 0.595. The molecule has 1 aliphatic heterocycles. The predicted octanol–water partition coefficient (Wildman–Crippen LogP) is 2.65. The number of H-pyrrole nitrogens is 1. The number of hydrogen-bond donors (Lipinski definition) is 1. The van der Waals surface area contributed by atoms with Crippen LogP contribution in [0.3, 0.4) is 0 Å². The average Bonchev–Trinajstić information content (AvgIpc) is 3.13. The molecule has 1 fully saturated rings. The van der Waals surface area contributed by atoms with E-state index in [1.54, 1.807) is 17.2 Å². The zero-order chi connectivity index (χ0) is 16.2. The Bertz CT molecular complexity index is 683. The number of aromatic amines is 1. The third kappa shape index (κ3) is 3.95. The van der Waals surface area contributed by atoms with E-state index in [0.29, 0.717) is 42.6 Å². The van der Waals surface area contributed by atoms with Crippen LogP contribution in [0.5, 0.6) is 0 Å². The van der Waals surface area contributed by atoms with Crippen molar-refractivity contribution in [2.24, 2.45) is 0 Å². The topological polar surface area (TPSA) is 56.4 Å². The largest absolute Gasteiger partial charge is 0.357 e. The molecule has 0 spiro atoms. The second-order valence-corrected chi connectivity index (χ2v) is 7.29. The smallest absolute Gasteiger partial charge is 0.270 e. The predicted molar refractivity (Wildman–Crippen MR) is 90.9 cm³/mol. The van der Waals surface area contributed by atoms with E-state index in [0.717, 1.165) is 11.3 Å². The highest BCUT2D eigenvalue weighted by Gasteiger charge is 2.23. The maximum atomic E-state index is 12.4. The van der Waals surface area contributed by atoms with Gasteiger partial charge in [0, 0.05) is 37.3 Å². The number of carbonyl (C=O) groups is 2. The first kappa shape index (κ1) is 16.1. The Morgan fingerprint density at radius 2 is 1.91 bits per heavy atom. The highest BCUT2D eigenvalue weighted by molar-refractivity contribution is 7.16. The van der Waals surface area contributed by atoms with E-state index in [9.17, 15) is 9.59 Å². The fourth-order valence-corrected chi connectivity index (χ4v) is 3.79. The summed E-state index contributed by atoms with van der Waals surface area (Å²) in [4.78, 5) is 32.3. The molecule has 1 N–H and O–H groups in total. The molecule has 7 heteroatoms. The molecule has 1 aliphatic rings. The number of carbonyl (C=O) groups excluding carboxylic acids is 2. The molecule has 23 heavy (non-hydrogen) atoms. The minimum absolute atomic E-state index is 0.00524. The van der Waals surface area contributed by atoms with E-state index in [-0.39, 0.29) is 11.8 Å². The van der Waals surface area contributed by atoms with Crippen LogP contribution in [0, 0.1) is 0 Å².